The summed E-state index contributed by atoms with van der Waals surface area (Å²) in [7, 11) is 1.70. The lowest BCUT2D eigenvalue weighted by atomic mass is 10.1. The first-order valence-electron chi connectivity index (χ1n) is 6.95. The van der Waals surface area contributed by atoms with Gasteiger partial charge in [-0.3, -0.25) is 0 Å². The topological polar surface area (TPSA) is 30.5 Å². The predicted molar refractivity (Wildman–Crippen MR) is 89.0 cm³/mol. The maximum absolute atomic E-state index is 5.71. The monoisotopic (exact) mass is 349 g/mol. The Kier molecular flexibility index (Phi) is 6.08. The van der Waals surface area contributed by atoms with Gasteiger partial charge in [0, 0.05) is 22.6 Å². The fourth-order valence-electron chi connectivity index (χ4n) is 2.14. The van der Waals surface area contributed by atoms with Crippen LogP contribution in [-0.4, -0.2) is 20.3 Å². The van der Waals surface area contributed by atoms with E-state index in [9.17, 15) is 0 Å². The van der Waals surface area contributed by atoms with Gasteiger partial charge in [0.1, 0.15) is 18.1 Å². The summed E-state index contributed by atoms with van der Waals surface area (Å²) in [6, 6.07) is 16.1. The fourth-order valence-corrected chi connectivity index (χ4v) is 2.51. The molecule has 112 valence electrons. The maximum atomic E-state index is 5.71. The third-order valence-electron chi connectivity index (χ3n) is 3.22. The lowest BCUT2D eigenvalue weighted by Gasteiger charge is -2.17. The lowest BCUT2D eigenvalue weighted by molar-refractivity contribution is 0.306. The van der Waals surface area contributed by atoms with E-state index in [-0.39, 0.29) is 6.04 Å². The van der Waals surface area contributed by atoms with Crippen LogP contribution in [0.15, 0.2) is 53.0 Å². The van der Waals surface area contributed by atoms with Gasteiger partial charge in [0.15, 0.2) is 0 Å². The summed E-state index contributed by atoms with van der Waals surface area (Å²) in [6.45, 7) is 3.51. The fraction of sp³-hybridized carbons (Fsp3) is 0.294. The van der Waals surface area contributed by atoms with Crippen molar-refractivity contribution in [2.75, 3.05) is 20.3 Å². The smallest absolute Gasteiger partial charge is 0.123 e. The number of hydrogen-bond donors (Lipinski definition) is 1. The van der Waals surface area contributed by atoms with Crippen LogP contribution in [0.2, 0.25) is 0 Å². The first kappa shape index (κ1) is 15.9. The molecular weight excluding hydrogens is 330 g/mol. The second kappa shape index (κ2) is 8.05. The molecule has 2 aromatic carbocycles. The first-order valence-corrected chi connectivity index (χ1v) is 7.74. The minimum Gasteiger partial charge on any atom is -0.496 e. The summed E-state index contributed by atoms with van der Waals surface area (Å²) < 4.78 is 12.1. The molecule has 0 fully saturated rings. The number of benzene rings is 2. The summed E-state index contributed by atoms with van der Waals surface area (Å²) in [5.74, 6) is 1.78. The van der Waals surface area contributed by atoms with Crippen LogP contribution in [0.5, 0.6) is 11.5 Å². The summed E-state index contributed by atoms with van der Waals surface area (Å²) in [4.78, 5) is 0. The van der Waals surface area contributed by atoms with Crippen molar-refractivity contribution in [1.29, 1.82) is 0 Å². The highest BCUT2D eigenvalue weighted by atomic mass is 79.9. The average molecular weight is 350 g/mol. The van der Waals surface area contributed by atoms with Gasteiger partial charge in [-0.1, -0.05) is 40.2 Å². The van der Waals surface area contributed by atoms with Crippen LogP contribution in [0.25, 0.3) is 0 Å². The van der Waals surface area contributed by atoms with Gasteiger partial charge in [0.05, 0.1) is 7.11 Å². The zero-order chi connectivity index (χ0) is 15.1. The van der Waals surface area contributed by atoms with E-state index >= 15 is 0 Å². The van der Waals surface area contributed by atoms with E-state index in [4.69, 9.17) is 9.47 Å². The number of nitrogens with one attached hydrogen (secondary N) is 1. The van der Waals surface area contributed by atoms with Gasteiger partial charge in [-0.25, -0.2) is 0 Å². The summed E-state index contributed by atoms with van der Waals surface area (Å²) in [5, 5.41) is 3.44. The standard InChI is InChI=1S/C17H20BrNO2/c1-13(16-8-3-4-9-17(16)20-2)19-10-11-21-15-7-5-6-14(18)12-15/h3-9,12-13,19H,10-11H2,1-2H3/t13-/m1/s1. The molecule has 0 heterocycles. The minimum atomic E-state index is 0.215. The molecule has 0 saturated carbocycles. The van der Waals surface area contributed by atoms with E-state index in [1.165, 1.54) is 0 Å². The molecule has 0 spiro atoms. The molecule has 4 heteroatoms. The third kappa shape index (κ3) is 4.76. The summed E-state index contributed by atoms with van der Waals surface area (Å²) in [6.07, 6.45) is 0. The zero-order valence-electron chi connectivity index (χ0n) is 12.3. The molecule has 0 aliphatic rings. The largest absolute Gasteiger partial charge is 0.496 e. The van der Waals surface area contributed by atoms with Crippen LogP contribution < -0.4 is 14.8 Å². The maximum Gasteiger partial charge on any atom is 0.123 e. The number of ether oxygens (including phenoxy) is 2. The molecule has 3 nitrogen and oxygen atoms in total. The van der Waals surface area contributed by atoms with Crippen molar-refractivity contribution in [3.63, 3.8) is 0 Å². The number of rotatable bonds is 7. The quantitative estimate of drug-likeness (QED) is 0.760. The third-order valence-corrected chi connectivity index (χ3v) is 3.72. The Morgan fingerprint density at radius 1 is 1.14 bits per heavy atom. The first-order chi connectivity index (χ1) is 10.2. The minimum absolute atomic E-state index is 0.215. The number of halogens is 1. The van der Waals surface area contributed by atoms with E-state index in [0.29, 0.717) is 6.61 Å². The van der Waals surface area contributed by atoms with Crippen LogP contribution in [-0.2, 0) is 0 Å². The molecule has 0 saturated heterocycles. The van der Waals surface area contributed by atoms with E-state index in [1.54, 1.807) is 7.11 Å². The molecule has 1 atom stereocenters. The molecule has 0 unspecified atom stereocenters. The van der Waals surface area contributed by atoms with Crippen molar-refractivity contribution in [2.45, 2.75) is 13.0 Å². The van der Waals surface area contributed by atoms with Crippen LogP contribution >= 0.6 is 15.9 Å². The highest BCUT2D eigenvalue weighted by molar-refractivity contribution is 9.10. The molecule has 21 heavy (non-hydrogen) atoms. The van der Waals surface area contributed by atoms with Gasteiger partial charge in [-0.15, -0.1) is 0 Å². The molecular formula is C17H20BrNO2. The molecule has 0 aliphatic heterocycles. The van der Waals surface area contributed by atoms with E-state index in [1.807, 2.05) is 42.5 Å². The normalized spacial score (nSPS) is 12.0. The van der Waals surface area contributed by atoms with Crippen LogP contribution in [0.1, 0.15) is 18.5 Å². The zero-order valence-corrected chi connectivity index (χ0v) is 13.9. The van der Waals surface area contributed by atoms with Gasteiger partial charge in [0.2, 0.25) is 0 Å². The number of para-hydroxylation sites is 1. The van der Waals surface area contributed by atoms with Crippen LogP contribution in [0, 0.1) is 0 Å². The molecule has 0 aliphatic carbocycles. The summed E-state index contributed by atoms with van der Waals surface area (Å²) in [5.41, 5.74) is 1.16. The van der Waals surface area contributed by atoms with Crippen molar-refractivity contribution < 1.29 is 9.47 Å². The molecule has 0 radical (unpaired) electrons. The van der Waals surface area contributed by atoms with Gasteiger partial charge in [-0.2, -0.15) is 0 Å². The van der Waals surface area contributed by atoms with Gasteiger partial charge in [-0.05, 0) is 31.2 Å². The van der Waals surface area contributed by atoms with Crippen molar-refractivity contribution in [1.82, 2.24) is 5.32 Å². The Hall–Kier alpha value is -1.52. The SMILES string of the molecule is COc1ccccc1[C@@H](C)NCCOc1cccc(Br)c1. The highest BCUT2D eigenvalue weighted by Gasteiger charge is 2.09. The van der Waals surface area contributed by atoms with Crippen LogP contribution in [0.4, 0.5) is 0 Å². The second-order valence-corrected chi connectivity index (χ2v) is 5.64. The Labute approximate surface area is 134 Å². The highest BCUT2D eigenvalue weighted by Crippen LogP contribution is 2.24. The van der Waals surface area contributed by atoms with Crippen molar-refractivity contribution in [2.24, 2.45) is 0 Å². The molecule has 2 aromatic rings. The van der Waals surface area contributed by atoms with Gasteiger partial charge in [0.25, 0.3) is 0 Å². The number of hydrogen-bond acceptors (Lipinski definition) is 3. The Morgan fingerprint density at radius 3 is 2.71 bits per heavy atom. The summed E-state index contributed by atoms with van der Waals surface area (Å²) >= 11 is 3.43. The van der Waals surface area contributed by atoms with E-state index in [2.05, 4.69) is 34.2 Å². The van der Waals surface area contributed by atoms with Gasteiger partial charge >= 0.3 is 0 Å². The lowest BCUT2D eigenvalue weighted by Crippen LogP contribution is -2.24. The molecule has 0 amide bonds. The Balaban J connectivity index is 1.80. The van der Waals surface area contributed by atoms with Crippen LogP contribution in [0.3, 0.4) is 0 Å². The molecule has 2 rings (SSSR count). The molecule has 0 bridgehead atoms. The van der Waals surface area contributed by atoms with Crippen molar-refractivity contribution in [3.05, 3.63) is 58.6 Å². The predicted octanol–water partition coefficient (Wildman–Crippen LogP) is 4.19. The molecule has 1 N–H and O–H groups in total. The van der Waals surface area contributed by atoms with Crippen molar-refractivity contribution in [3.8, 4) is 11.5 Å². The molecule has 0 aromatic heterocycles. The second-order valence-electron chi connectivity index (χ2n) is 4.72. The van der Waals surface area contributed by atoms with E-state index in [0.717, 1.165) is 28.1 Å². The Morgan fingerprint density at radius 2 is 1.95 bits per heavy atom. The van der Waals surface area contributed by atoms with Gasteiger partial charge < -0.3 is 14.8 Å². The Bertz CT molecular complexity index is 574. The average Bonchev–Trinajstić information content (AvgIpc) is 2.51. The van der Waals surface area contributed by atoms with Crippen molar-refractivity contribution >= 4 is 15.9 Å². The van der Waals surface area contributed by atoms with E-state index < -0.39 is 0 Å². The number of methoxy groups -OCH3 is 1.